The van der Waals surface area contributed by atoms with Gasteiger partial charge in [-0.05, 0) is 91.0 Å². The molecule has 16 heteroatoms. The number of anilines is 2. The van der Waals surface area contributed by atoms with Crippen LogP contribution in [0.15, 0.2) is 277 Å². The first kappa shape index (κ1) is 83.1. The van der Waals surface area contributed by atoms with Crippen LogP contribution in [0.3, 0.4) is 0 Å². The number of benzene rings is 10. The van der Waals surface area contributed by atoms with Crippen LogP contribution in [0.5, 0.6) is 0 Å². The van der Waals surface area contributed by atoms with Crippen LogP contribution < -0.4 is 9.80 Å². The highest BCUT2D eigenvalue weighted by atomic mass is 16.6. The molecule has 0 aliphatic rings. The molecule has 0 radical (unpaired) electrons. The monoisotopic (exact) mass is 1490 g/mol. The first-order chi connectivity index (χ1) is 54.6. The summed E-state index contributed by atoms with van der Waals surface area (Å²) in [5.74, 6) is -1.17. The SMILES string of the molecule is COCCOCCOCCN(CCOCCOCCOC)c1cc(C(c2ccccc2)c2ccccc2)c(/N=C/C=N/c2c(C(c3ccccc3)c3ccccc3)cc(N(CCOCCOCCOC)CCOCCOCCOC)cc2C(c2ccccc2)c2ccccc2)c(C(c2ccccc2)c2ccccc2)c1. The van der Waals surface area contributed by atoms with E-state index in [0.29, 0.717) is 158 Å². The van der Waals surface area contributed by atoms with Crippen molar-refractivity contribution in [2.45, 2.75) is 23.7 Å². The lowest BCUT2D eigenvalue weighted by Gasteiger charge is -2.31. The Bertz CT molecular complexity index is 3480. The molecule has 0 spiro atoms. The van der Waals surface area contributed by atoms with Gasteiger partial charge < -0.3 is 66.6 Å². The number of hydrogen-bond acceptors (Lipinski definition) is 16. The molecule has 0 saturated heterocycles. The van der Waals surface area contributed by atoms with E-state index >= 15 is 0 Å². The third-order valence-electron chi connectivity index (χ3n) is 19.1. The molecule has 0 aromatic heterocycles. The van der Waals surface area contributed by atoms with Crippen molar-refractivity contribution < 1.29 is 56.8 Å². The third-order valence-corrected chi connectivity index (χ3v) is 19.1. The number of rotatable bonds is 53. The van der Waals surface area contributed by atoms with Crippen LogP contribution in [-0.4, -0.2) is 199 Å². The Morgan fingerprint density at radius 1 is 0.227 bits per heavy atom. The molecule has 0 saturated carbocycles. The lowest BCUT2D eigenvalue weighted by molar-refractivity contribution is 0.0235. The largest absolute Gasteiger partial charge is 0.382 e. The van der Waals surface area contributed by atoms with Gasteiger partial charge in [-0.25, -0.2) is 0 Å². The zero-order valence-electron chi connectivity index (χ0n) is 64.5. The van der Waals surface area contributed by atoms with Crippen molar-refractivity contribution in [3.63, 3.8) is 0 Å². The zero-order chi connectivity index (χ0) is 76.1. The van der Waals surface area contributed by atoms with Crippen LogP contribution in [-0.2, 0) is 56.8 Å². The van der Waals surface area contributed by atoms with Gasteiger partial charge in [-0.2, -0.15) is 0 Å². The van der Waals surface area contributed by atoms with Gasteiger partial charge in [0, 0.05) is 102 Å². The molecule has 0 aliphatic carbocycles. The van der Waals surface area contributed by atoms with Crippen molar-refractivity contribution in [3.8, 4) is 0 Å². The molecule has 10 aromatic rings. The first-order valence-electron chi connectivity index (χ1n) is 38.5. The van der Waals surface area contributed by atoms with Gasteiger partial charge in [0.05, 0.1) is 144 Å². The van der Waals surface area contributed by atoms with Gasteiger partial charge in [-0.15, -0.1) is 0 Å². The Hall–Kier alpha value is -9.34. The predicted octanol–water partition coefficient (Wildman–Crippen LogP) is 16.8. The van der Waals surface area contributed by atoms with Crippen molar-refractivity contribution >= 4 is 35.2 Å². The maximum absolute atomic E-state index is 6.40. The molecular formula is C94H110N4O12. The van der Waals surface area contributed by atoms with Crippen LogP contribution in [0.4, 0.5) is 22.7 Å². The molecule has 110 heavy (non-hydrogen) atoms. The number of methoxy groups -OCH3 is 4. The number of hydrogen-bond donors (Lipinski definition) is 0. The standard InChI is InChI=1S/C94H110N4O12/c1-99-55-59-107-67-63-103-51-47-97(48-52-104-64-68-108-60-56-100-2)83-71-85(89(75-29-13-5-14-30-75)76-31-15-6-16-32-76)93(86(72-83)90(77-33-17-7-18-34-77)78-35-19-8-20-36-78)95-45-46-96-94-87(91(79-37-21-9-22-38-79)80-39-23-10-24-40-80)73-84(74-88(94)92(81-41-25-11-26-42-81)82-43-27-12-28-44-82)98(49-53-105-65-69-109-61-57-101-3)50-54-106-66-70-110-62-58-102-4/h5-46,71-74,89-92H,47-70H2,1-4H3/b95-45+,96-46+. The highest BCUT2D eigenvalue weighted by Crippen LogP contribution is 2.49. The fourth-order valence-electron chi connectivity index (χ4n) is 13.8. The van der Waals surface area contributed by atoms with E-state index in [2.05, 4.69) is 277 Å². The second-order valence-electron chi connectivity index (χ2n) is 26.4. The van der Waals surface area contributed by atoms with Crippen molar-refractivity contribution in [2.24, 2.45) is 9.98 Å². The molecule has 0 aliphatic heterocycles. The summed E-state index contributed by atoms with van der Waals surface area (Å²) in [6.45, 7) is 11.5. The minimum absolute atomic E-state index is 0.293. The van der Waals surface area contributed by atoms with E-state index in [-0.39, 0.29) is 23.7 Å². The Morgan fingerprint density at radius 3 is 0.564 bits per heavy atom. The minimum Gasteiger partial charge on any atom is -0.382 e. The molecule has 0 atom stereocenters. The molecule has 0 bridgehead atoms. The maximum Gasteiger partial charge on any atom is 0.0715 e. The molecule has 0 fully saturated rings. The number of aliphatic imine (C=N–C) groups is 2. The second-order valence-corrected chi connectivity index (χ2v) is 26.4. The summed E-state index contributed by atoms with van der Waals surface area (Å²) in [6, 6.07) is 95.8. The molecule has 10 rings (SSSR count). The Labute approximate surface area is 652 Å². The Balaban J connectivity index is 1.21. The predicted molar refractivity (Wildman–Crippen MR) is 443 cm³/mol. The van der Waals surface area contributed by atoms with E-state index in [1.54, 1.807) is 28.4 Å². The van der Waals surface area contributed by atoms with Gasteiger partial charge >= 0.3 is 0 Å². The van der Waals surface area contributed by atoms with Gasteiger partial charge in [0.15, 0.2) is 0 Å². The average Bonchev–Trinajstić information content (AvgIpc) is 0.769. The van der Waals surface area contributed by atoms with E-state index < -0.39 is 0 Å². The van der Waals surface area contributed by atoms with Crippen LogP contribution in [0.1, 0.15) is 90.4 Å². The van der Waals surface area contributed by atoms with Crippen LogP contribution in [0, 0.1) is 0 Å². The molecule has 0 N–H and O–H groups in total. The molecule has 16 nitrogen and oxygen atoms in total. The van der Waals surface area contributed by atoms with Crippen molar-refractivity contribution in [1.29, 1.82) is 0 Å². The lowest BCUT2D eigenvalue weighted by atomic mass is 9.78. The summed E-state index contributed by atoms with van der Waals surface area (Å²) in [6.07, 6.45) is 3.84. The fourth-order valence-corrected chi connectivity index (χ4v) is 13.8. The average molecular weight is 1490 g/mol. The van der Waals surface area contributed by atoms with Crippen molar-refractivity contribution in [2.75, 3.05) is 197 Å². The van der Waals surface area contributed by atoms with Gasteiger partial charge in [0.25, 0.3) is 0 Å². The van der Waals surface area contributed by atoms with E-state index in [9.17, 15) is 0 Å². The Kier molecular flexibility index (Phi) is 37.1. The van der Waals surface area contributed by atoms with E-state index in [1.807, 2.05) is 12.4 Å². The molecule has 0 heterocycles. The first-order valence-corrected chi connectivity index (χ1v) is 38.5. The van der Waals surface area contributed by atoms with Crippen molar-refractivity contribution in [3.05, 3.63) is 334 Å². The highest BCUT2D eigenvalue weighted by Gasteiger charge is 2.31. The third kappa shape index (κ3) is 26.2. The van der Waals surface area contributed by atoms with E-state index in [0.717, 1.165) is 89.5 Å². The zero-order valence-corrected chi connectivity index (χ0v) is 64.5. The molecular weight excluding hydrogens is 1380 g/mol. The van der Waals surface area contributed by atoms with Gasteiger partial charge in [0.2, 0.25) is 0 Å². The van der Waals surface area contributed by atoms with Gasteiger partial charge in [0.1, 0.15) is 0 Å². The summed E-state index contributed by atoms with van der Waals surface area (Å²) in [5, 5.41) is 0. The summed E-state index contributed by atoms with van der Waals surface area (Å²) in [7, 11) is 6.71. The summed E-state index contributed by atoms with van der Waals surface area (Å²) in [4.78, 5) is 16.6. The van der Waals surface area contributed by atoms with Crippen LogP contribution in [0.2, 0.25) is 0 Å². The summed E-state index contributed by atoms with van der Waals surface area (Å²) >= 11 is 0. The molecule has 0 unspecified atom stereocenters. The lowest BCUT2D eigenvalue weighted by Crippen LogP contribution is -2.32. The van der Waals surface area contributed by atoms with Gasteiger partial charge in [-0.1, -0.05) is 243 Å². The van der Waals surface area contributed by atoms with Crippen LogP contribution >= 0.6 is 0 Å². The highest BCUT2D eigenvalue weighted by molar-refractivity contribution is 6.18. The van der Waals surface area contributed by atoms with E-state index in [4.69, 9.17) is 66.8 Å². The number of nitrogens with zero attached hydrogens (tertiary/aromatic N) is 4. The van der Waals surface area contributed by atoms with E-state index in [1.165, 1.54) is 0 Å². The van der Waals surface area contributed by atoms with Crippen LogP contribution in [0.25, 0.3) is 0 Å². The van der Waals surface area contributed by atoms with Crippen molar-refractivity contribution in [1.82, 2.24) is 0 Å². The normalized spacial score (nSPS) is 11.7. The Morgan fingerprint density at radius 2 is 0.391 bits per heavy atom. The minimum atomic E-state index is -0.293. The smallest absolute Gasteiger partial charge is 0.0715 e. The molecule has 10 aromatic carbocycles. The molecule has 578 valence electrons. The maximum atomic E-state index is 6.40. The topological polar surface area (TPSA) is 142 Å². The van der Waals surface area contributed by atoms with Gasteiger partial charge in [-0.3, -0.25) is 9.98 Å². The quantitative estimate of drug-likeness (QED) is 0.0203. The summed E-state index contributed by atoms with van der Waals surface area (Å²) < 4.78 is 70.0. The second kappa shape index (κ2) is 49.0. The fraction of sp³-hybridized carbons (Fsp3) is 0.340. The molecule has 0 amide bonds. The number of ether oxygens (including phenoxy) is 12. The summed E-state index contributed by atoms with van der Waals surface area (Å²) in [5.41, 5.74) is 16.6.